The normalized spacial score (nSPS) is 25.3. The summed E-state index contributed by atoms with van der Waals surface area (Å²) in [7, 11) is 0. The molecule has 0 aliphatic carbocycles. The summed E-state index contributed by atoms with van der Waals surface area (Å²) in [5.41, 5.74) is 0.713. The third kappa shape index (κ3) is 4.89. The molecule has 2 heterocycles. The third-order valence-electron chi connectivity index (χ3n) is 4.05. The molecule has 0 amide bonds. The van der Waals surface area contributed by atoms with Crippen molar-refractivity contribution in [2.24, 2.45) is 0 Å². The van der Waals surface area contributed by atoms with Crippen LogP contribution in [0.25, 0.3) is 0 Å². The van der Waals surface area contributed by atoms with Gasteiger partial charge in [0.05, 0.1) is 17.7 Å². The number of rotatable bonds is 5. The lowest BCUT2D eigenvalue weighted by Gasteiger charge is -2.25. The van der Waals surface area contributed by atoms with E-state index in [1.807, 2.05) is 0 Å². The first-order valence-corrected chi connectivity index (χ1v) is 9.01. The molecule has 2 aliphatic heterocycles. The lowest BCUT2D eigenvalue weighted by Crippen LogP contribution is -2.25. The van der Waals surface area contributed by atoms with Crippen molar-refractivity contribution in [3.63, 3.8) is 0 Å². The molecule has 0 spiro atoms. The Morgan fingerprint density at radius 2 is 1.74 bits per heavy atom. The van der Waals surface area contributed by atoms with Crippen LogP contribution in [0.5, 0.6) is 5.75 Å². The van der Waals surface area contributed by atoms with E-state index in [1.165, 1.54) is 6.07 Å². The first kappa shape index (κ1) is 17.1. The Balaban J connectivity index is 1.63. The van der Waals surface area contributed by atoms with Crippen molar-refractivity contribution in [1.29, 1.82) is 0 Å². The van der Waals surface area contributed by atoms with E-state index >= 15 is 0 Å². The Labute approximate surface area is 144 Å². The van der Waals surface area contributed by atoms with Crippen LogP contribution in [-0.4, -0.2) is 25.8 Å². The molecule has 0 radical (unpaired) electrons. The van der Waals surface area contributed by atoms with Crippen LogP contribution in [0.15, 0.2) is 16.6 Å². The van der Waals surface area contributed by atoms with Gasteiger partial charge in [0.2, 0.25) is 0 Å². The van der Waals surface area contributed by atoms with Gasteiger partial charge in [0, 0.05) is 19.1 Å². The van der Waals surface area contributed by atoms with Gasteiger partial charge in [-0.05, 0) is 59.7 Å². The molecule has 2 fully saturated rings. The van der Waals surface area contributed by atoms with Crippen LogP contribution < -0.4 is 4.74 Å². The van der Waals surface area contributed by atoms with Gasteiger partial charge in [0.1, 0.15) is 11.6 Å². The Morgan fingerprint density at radius 1 is 1.04 bits per heavy atom. The zero-order valence-corrected chi connectivity index (χ0v) is 14.6. The number of benzene rings is 1. The number of ether oxygens (including phenoxy) is 4. The second kappa shape index (κ2) is 8.42. The Bertz CT molecular complexity index is 514. The van der Waals surface area contributed by atoms with Gasteiger partial charge in [0.25, 0.3) is 0 Å². The highest BCUT2D eigenvalue weighted by atomic mass is 79.9. The van der Waals surface area contributed by atoms with E-state index < -0.39 is 0 Å². The summed E-state index contributed by atoms with van der Waals surface area (Å²) in [6.45, 7) is 1.70. The van der Waals surface area contributed by atoms with E-state index in [0.717, 1.165) is 45.1 Å². The fourth-order valence-electron chi connectivity index (χ4n) is 2.77. The van der Waals surface area contributed by atoms with E-state index in [-0.39, 0.29) is 25.0 Å². The third-order valence-corrected chi connectivity index (χ3v) is 4.93. The number of hydrogen-bond acceptors (Lipinski definition) is 4. The Kier molecular flexibility index (Phi) is 6.28. The molecule has 128 valence electrons. The summed E-state index contributed by atoms with van der Waals surface area (Å²) in [5.74, 6) is 0.113. The topological polar surface area (TPSA) is 36.9 Å². The molecule has 2 saturated heterocycles. The maximum atomic E-state index is 14.1. The average molecular weight is 389 g/mol. The maximum absolute atomic E-state index is 14.1. The van der Waals surface area contributed by atoms with E-state index in [1.54, 1.807) is 6.07 Å². The largest absolute Gasteiger partial charge is 0.465 e. The van der Waals surface area contributed by atoms with Gasteiger partial charge in [-0.2, -0.15) is 0 Å². The van der Waals surface area contributed by atoms with Crippen molar-refractivity contribution in [2.75, 3.05) is 13.2 Å². The van der Waals surface area contributed by atoms with Crippen LogP contribution in [-0.2, 0) is 20.8 Å². The minimum atomic E-state index is -0.360. The summed E-state index contributed by atoms with van der Waals surface area (Å²) in [6.07, 6.45) is 5.51. The highest BCUT2D eigenvalue weighted by molar-refractivity contribution is 9.10. The zero-order valence-electron chi connectivity index (χ0n) is 13.1. The van der Waals surface area contributed by atoms with Crippen molar-refractivity contribution >= 4 is 15.9 Å². The van der Waals surface area contributed by atoms with Gasteiger partial charge in [-0.1, -0.05) is 0 Å². The van der Waals surface area contributed by atoms with Crippen LogP contribution in [0.2, 0.25) is 0 Å². The summed E-state index contributed by atoms with van der Waals surface area (Å²) in [5, 5.41) is 0. The molecule has 4 nitrogen and oxygen atoms in total. The van der Waals surface area contributed by atoms with E-state index in [4.69, 9.17) is 18.9 Å². The molecular formula is C17H22BrFO4. The first-order valence-electron chi connectivity index (χ1n) is 8.22. The molecule has 2 unspecified atom stereocenters. The molecule has 1 aromatic rings. The summed E-state index contributed by atoms with van der Waals surface area (Å²) >= 11 is 3.28. The van der Waals surface area contributed by atoms with Gasteiger partial charge >= 0.3 is 0 Å². The van der Waals surface area contributed by atoms with Gasteiger partial charge < -0.3 is 18.9 Å². The van der Waals surface area contributed by atoms with Crippen molar-refractivity contribution in [1.82, 2.24) is 0 Å². The summed E-state index contributed by atoms with van der Waals surface area (Å²) in [6, 6.07) is 3.18. The number of hydrogen-bond donors (Lipinski definition) is 0. The molecule has 6 heteroatoms. The van der Waals surface area contributed by atoms with Crippen molar-refractivity contribution < 1.29 is 23.3 Å². The summed E-state index contributed by atoms with van der Waals surface area (Å²) in [4.78, 5) is 0. The minimum absolute atomic E-state index is 0.204. The minimum Gasteiger partial charge on any atom is -0.465 e. The van der Waals surface area contributed by atoms with Crippen LogP contribution >= 0.6 is 15.9 Å². The van der Waals surface area contributed by atoms with Gasteiger partial charge in [-0.15, -0.1) is 0 Å². The van der Waals surface area contributed by atoms with Crippen LogP contribution in [0.3, 0.4) is 0 Å². The van der Waals surface area contributed by atoms with E-state index in [0.29, 0.717) is 22.4 Å². The fourth-order valence-corrected chi connectivity index (χ4v) is 3.12. The molecule has 0 bridgehead atoms. The van der Waals surface area contributed by atoms with Crippen molar-refractivity contribution in [2.45, 2.75) is 57.7 Å². The highest BCUT2D eigenvalue weighted by Crippen LogP contribution is 2.29. The molecular weight excluding hydrogens is 367 g/mol. The fraction of sp³-hybridized carbons (Fsp3) is 0.647. The lowest BCUT2D eigenvalue weighted by atomic mass is 10.2. The molecule has 23 heavy (non-hydrogen) atoms. The highest BCUT2D eigenvalue weighted by Gasteiger charge is 2.19. The number of halogens is 2. The predicted molar refractivity (Wildman–Crippen MR) is 86.7 cm³/mol. The predicted octanol–water partition coefficient (Wildman–Crippen LogP) is 4.54. The average Bonchev–Trinajstić information content (AvgIpc) is 2.58. The van der Waals surface area contributed by atoms with Gasteiger partial charge in [-0.3, -0.25) is 0 Å². The molecule has 0 aromatic heterocycles. The first-order chi connectivity index (χ1) is 11.2. The maximum Gasteiger partial charge on any atom is 0.199 e. The van der Waals surface area contributed by atoms with E-state index in [9.17, 15) is 4.39 Å². The molecule has 2 aliphatic rings. The van der Waals surface area contributed by atoms with Crippen LogP contribution in [0, 0.1) is 5.82 Å². The Morgan fingerprint density at radius 3 is 2.39 bits per heavy atom. The van der Waals surface area contributed by atoms with Crippen molar-refractivity contribution in [3.8, 4) is 5.75 Å². The molecule has 2 atom stereocenters. The van der Waals surface area contributed by atoms with Crippen LogP contribution in [0.4, 0.5) is 4.39 Å². The van der Waals surface area contributed by atoms with Gasteiger partial charge in [-0.25, -0.2) is 4.39 Å². The molecule has 3 rings (SSSR count). The second-order valence-corrected chi connectivity index (χ2v) is 6.69. The molecule has 1 aromatic carbocycles. The Hall–Kier alpha value is -0.690. The quantitative estimate of drug-likeness (QED) is 0.741. The molecule has 0 N–H and O–H groups in total. The SMILES string of the molecule is Fc1cc(OC2CCCCO2)cc(COC2CCCCO2)c1Br. The van der Waals surface area contributed by atoms with Crippen molar-refractivity contribution in [3.05, 3.63) is 28.0 Å². The standard InChI is InChI=1S/C17H22BrFO4/c18-17-12(11-22-15-5-1-3-7-20-15)9-13(10-14(17)19)23-16-6-2-4-8-21-16/h9-10,15-16H,1-8,11H2. The second-order valence-electron chi connectivity index (χ2n) is 5.90. The molecule has 0 saturated carbocycles. The monoisotopic (exact) mass is 388 g/mol. The zero-order chi connectivity index (χ0) is 16.1. The smallest absolute Gasteiger partial charge is 0.199 e. The van der Waals surface area contributed by atoms with E-state index in [2.05, 4.69) is 15.9 Å². The van der Waals surface area contributed by atoms with Crippen LogP contribution in [0.1, 0.15) is 44.1 Å². The summed E-state index contributed by atoms with van der Waals surface area (Å²) < 4.78 is 37.1. The van der Waals surface area contributed by atoms with Gasteiger partial charge in [0.15, 0.2) is 12.6 Å². The lowest BCUT2D eigenvalue weighted by molar-refractivity contribution is -0.169.